The van der Waals surface area contributed by atoms with Crippen molar-refractivity contribution in [3.05, 3.63) is 70.3 Å². The van der Waals surface area contributed by atoms with Gasteiger partial charge in [-0.25, -0.2) is 9.78 Å². The number of carbonyl (C=O) groups is 1. The lowest BCUT2D eigenvalue weighted by atomic mass is 10.1. The number of aromatic nitrogens is 2. The molecule has 2 aromatic carbocycles. The Morgan fingerprint density at radius 2 is 2.06 bits per heavy atom. The summed E-state index contributed by atoms with van der Waals surface area (Å²) in [7, 11) is 3.24. The summed E-state index contributed by atoms with van der Waals surface area (Å²) in [4.78, 5) is 32.4. The van der Waals surface area contributed by atoms with Crippen molar-refractivity contribution in [2.75, 3.05) is 25.6 Å². The van der Waals surface area contributed by atoms with E-state index < -0.39 is 6.04 Å². The van der Waals surface area contributed by atoms with Gasteiger partial charge in [0.15, 0.2) is 0 Å². The first-order valence-corrected chi connectivity index (χ1v) is 10.0. The average molecular weight is 419 g/mol. The van der Waals surface area contributed by atoms with Gasteiger partial charge in [0.1, 0.15) is 5.82 Å². The summed E-state index contributed by atoms with van der Waals surface area (Å²) >= 11 is 0. The van der Waals surface area contributed by atoms with Gasteiger partial charge in [0.25, 0.3) is 5.56 Å². The van der Waals surface area contributed by atoms with Gasteiger partial charge in [-0.15, -0.1) is 0 Å². The minimum atomic E-state index is -0.448. The normalized spacial score (nSPS) is 11.7. The van der Waals surface area contributed by atoms with Crippen LogP contribution < -0.4 is 10.9 Å². The Bertz CT molecular complexity index is 1180. The lowest BCUT2D eigenvalue weighted by Gasteiger charge is -2.31. The SMILES string of the molecule is CCC(c1nc2ccccc2c(=O)n1C)N(CCOC)C(=O)Nc1cccc(C#N)c1. The van der Waals surface area contributed by atoms with Crippen molar-refractivity contribution in [2.24, 2.45) is 7.05 Å². The van der Waals surface area contributed by atoms with Crippen molar-refractivity contribution in [3.63, 3.8) is 0 Å². The second-order valence-electron chi connectivity index (χ2n) is 7.08. The van der Waals surface area contributed by atoms with Gasteiger partial charge in [-0.05, 0) is 36.8 Å². The van der Waals surface area contributed by atoms with Crippen LogP contribution in [0, 0.1) is 11.3 Å². The largest absolute Gasteiger partial charge is 0.383 e. The van der Waals surface area contributed by atoms with E-state index in [1.54, 1.807) is 61.5 Å². The molecule has 0 bridgehead atoms. The second kappa shape index (κ2) is 9.87. The number of amides is 2. The third kappa shape index (κ3) is 4.73. The molecular weight excluding hydrogens is 394 g/mol. The lowest BCUT2D eigenvalue weighted by molar-refractivity contribution is 0.131. The second-order valence-corrected chi connectivity index (χ2v) is 7.08. The van der Waals surface area contributed by atoms with Gasteiger partial charge in [0.05, 0.1) is 35.2 Å². The molecule has 1 heterocycles. The zero-order valence-electron chi connectivity index (χ0n) is 17.8. The molecule has 2 amide bonds. The van der Waals surface area contributed by atoms with Crippen molar-refractivity contribution >= 4 is 22.6 Å². The molecule has 0 saturated heterocycles. The first-order chi connectivity index (χ1) is 15.0. The van der Waals surface area contributed by atoms with E-state index in [0.29, 0.717) is 47.6 Å². The molecule has 0 radical (unpaired) electrons. The molecule has 0 aliphatic carbocycles. The number of hydrogen-bond acceptors (Lipinski definition) is 5. The van der Waals surface area contributed by atoms with Crippen molar-refractivity contribution in [1.82, 2.24) is 14.5 Å². The number of carbonyl (C=O) groups excluding carboxylic acids is 1. The van der Waals surface area contributed by atoms with E-state index in [1.165, 1.54) is 4.57 Å². The van der Waals surface area contributed by atoms with Crippen molar-refractivity contribution in [2.45, 2.75) is 19.4 Å². The summed E-state index contributed by atoms with van der Waals surface area (Å²) in [5, 5.41) is 12.5. The molecule has 3 rings (SSSR count). The lowest BCUT2D eigenvalue weighted by Crippen LogP contribution is -2.42. The molecule has 160 valence electrons. The number of nitrogens with zero attached hydrogens (tertiary/aromatic N) is 4. The number of nitriles is 1. The van der Waals surface area contributed by atoms with Gasteiger partial charge in [0, 0.05) is 26.4 Å². The third-order valence-electron chi connectivity index (χ3n) is 5.12. The number of benzene rings is 2. The molecule has 0 saturated carbocycles. The number of anilines is 1. The highest BCUT2D eigenvalue weighted by Gasteiger charge is 2.27. The highest BCUT2D eigenvalue weighted by Crippen LogP contribution is 2.24. The van der Waals surface area contributed by atoms with Gasteiger partial charge in [-0.1, -0.05) is 25.1 Å². The van der Waals surface area contributed by atoms with E-state index in [-0.39, 0.29) is 11.6 Å². The Morgan fingerprint density at radius 3 is 2.77 bits per heavy atom. The average Bonchev–Trinajstić information content (AvgIpc) is 2.79. The minimum absolute atomic E-state index is 0.159. The van der Waals surface area contributed by atoms with E-state index in [2.05, 4.69) is 11.4 Å². The van der Waals surface area contributed by atoms with Crippen LogP contribution in [-0.2, 0) is 11.8 Å². The fourth-order valence-corrected chi connectivity index (χ4v) is 3.53. The predicted molar refractivity (Wildman–Crippen MR) is 119 cm³/mol. The highest BCUT2D eigenvalue weighted by molar-refractivity contribution is 5.90. The molecule has 31 heavy (non-hydrogen) atoms. The maximum atomic E-state index is 13.2. The number of fused-ring (bicyclic) bond motifs is 1. The first-order valence-electron chi connectivity index (χ1n) is 10.0. The van der Waals surface area contributed by atoms with E-state index >= 15 is 0 Å². The molecule has 1 aromatic heterocycles. The summed E-state index contributed by atoms with van der Waals surface area (Å²) in [5.41, 5.74) is 1.40. The minimum Gasteiger partial charge on any atom is -0.383 e. The van der Waals surface area contributed by atoms with E-state index in [9.17, 15) is 9.59 Å². The molecule has 1 unspecified atom stereocenters. The smallest absolute Gasteiger partial charge is 0.322 e. The summed E-state index contributed by atoms with van der Waals surface area (Å²) in [5.74, 6) is 0.503. The quantitative estimate of drug-likeness (QED) is 0.632. The van der Waals surface area contributed by atoms with Crippen LogP contribution in [0.15, 0.2) is 53.3 Å². The van der Waals surface area contributed by atoms with Crippen LogP contribution in [0.5, 0.6) is 0 Å². The molecule has 1 atom stereocenters. The van der Waals surface area contributed by atoms with Crippen LogP contribution in [0.2, 0.25) is 0 Å². The van der Waals surface area contributed by atoms with Crippen molar-refractivity contribution in [1.29, 1.82) is 5.26 Å². The summed E-state index contributed by atoms with van der Waals surface area (Å²) in [6.07, 6.45) is 0.550. The Balaban J connectivity index is 2.00. The Labute approximate surface area is 180 Å². The molecule has 8 heteroatoms. The first kappa shape index (κ1) is 22.0. The molecule has 3 aromatic rings. The van der Waals surface area contributed by atoms with Gasteiger partial charge in [0.2, 0.25) is 0 Å². The fraction of sp³-hybridized carbons (Fsp3) is 0.304. The van der Waals surface area contributed by atoms with Crippen molar-refractivity contribution < 1.29 is 9.53 Å². The van der Waals surface area contributed by atoms with Crippen LogP contribution in [0.4, 0.5) is 10.5 Å². The Kier molecular flexibility index (Phi) is 7.00. The predicted octanol–water partition coefficient (Wildman–Crippen LogP) is 3.44. The molecule has 0 spiro atoms. The van der Waals surface area contributed by atoms with Crippen molar-refractivity contribution in [3.8, 4) is 6.07 Å². The number of nitrogens with one attached hydrogen (secondary N) is 1. The number of hydrogen-bond donors (Lipinski definition) is 1. The van der Waals surface area contributed by atoms with E-state index in [0.717, 1.165) is 0 Å². The fourth-order valence-electron chi connectivity index (χ4n) is 3.53. The number of methoxy groups -OCH3 is 1. The zero-order valence-corrected chi connectivity index (χ0v) is 17.8. The molecular formula is C23H25N5O3. The van der Waals surface area contributed by atoms with Crippen LogP contribution in [-0.4, -0.2) is 40.7 Å². The number of urea groups is 1. The molecule has 1 N–H and O–H groups in total. The zero-order chi connectivity index (χ0) is 22.4. The van der Waals surface area contributed by atoms with Crippen LogP contribution in [0.3, 0.4) is 0 Å². The summed E-state index contributed by atoms with van der Waals surface area (Å²) < 4.78 is 6.71. The van der Waals surface area contributed by atoms with Gasteiger partial charge >= 0.3 is 6.03 Å². The maximum absolute atomic E-state index is 13.2. The van der Waals surface area contributed by atoms with Gasteiger partial charge in [-0.2, -0.15) is 5.26 Å². The van der Waals surface area contributed by atoms with Crippen LogP contribution in [0.1, 0.15) is 30.8 Å². The topological polar surface area (TPSA) is 100 Å². The Hall–Kier alpha value is -3.70. The summed E-state index contributed by atoms with van der Waals surface area (Å²) in [6, 6.07) is 15.1. The standard InChI is InChI=1S/C23H25N5O3/c1-4-20(21-26-19-11-6-5-10-18(19)22(29)27(21)2)28(12-13-31-3)23(30)25-17-9-7-8-16(14-17)15-24/h5-11,14,20H,4,12-13H2,1-3H3,(H,25,30). The number of ether oxygens (including phenoxy) is 1. The Morgan fingerprint density at radius 1 is 1.29 bits per heavy atom. The molecule has 0 aliphatic heterocycles. The van der Waals surface area contributed by atoms with Crippen LogP contribution in [0.25, 0.3) is 10.9 Å². The molecule has 0 aliphatic rings. The van der Waals surface area contributed by atoms with E-state index in [1.807, 2.05) is 13.0 Å². The summed E-state index contributed by atoms with van der Waals surface area (Å²) in [6.45, 7) is 2.57. The van der Waals surface area contributed by atoms with Gasteiger partial charge < -0.3 is 15.0 Å². The van der Waals surface area contributed by atoms with Crippen LogP contribution >= 0.6 is 0 Å². The monoisotopic (exact) mass is 419 g/mol. The highest BCUT2D eigenvalue weighted by atomic mass is 16.5. The van der Waals surface area contributed by atoms with Gasteiger partial charge in [-0.3, -0.25) is 9.36 Å². The third-order valence-corrected chi connectivity index (χ3v) is 5.12. The number of para-hydroxylation sites is 1. The molecule has 0 fully saturated rings. The number of rotatable bonds is 7. The maximum Gasteiger partial charge on any atom is 0.322 e. The van der Waals surface area contributed by atoms with E-state index in [4.69, 9.17) is 15.0 Å². The molecule has 8 nitrogen and oxygen atoms in total.